The molecule has 106 valence electrons. The number of alkyl halides is 1. The van der Waals surface area contributed by atoms with Gasteiger partial charge in [0.05, 0.1) is 11.4 Å². The van der Waals surface area contributed by atoms with Gasteiger partial charge in [-0.3, -0.25) is 0 Å². The molecule has 0 N–H and O–H groups in total. The first-order chi connectivity index (χ1) is 9.52. The summed E-state index contributed by atoms with van der Waals surface area (Å²) in [5.74, 6) is 0.881. The van der Waals surface area contributed by atoms with E-state index in [1.54, 1.807) is 0 Å². The van der Waals surface area contributed by atoms with Gasteiger partial charge in [0.15, 0.2) is 0 Å². The smallest absolute Gasteiger partial charge is 0.120 e. The molecule has 0 radical (unpaired) electrons. The quantitative estimate of drug-likeness (QED) is 0.292. The van der Waals surface area contributed by atoms with E-state index in [4.69, 9.17) is 4.74 Å². The van der Waals surface area contributed by atoms with Gasteiger partial charge in [-0.15, -0.1) is 0 Å². The molecule has 2 aromatic carbocycles. The van der Waals surface area contributed by atoms with Crippen LogP contribution in [-0.4, -0.2) is 6.61 Å². The highest BCUT2D eigenvalue weighted by Gasteiger charge is 2.17. The van der Waals surface area contributed by atoms with Gasteiger partial charge in [-0.25, -0.2) is 0 Å². The zero-order valence-electron chi connectivity index (χ0n) is 10.7. The molecular weight excluding hydrogens is 563 g/mol. The number of benzene rings is 2. The van der Waals surface area contributed by atoms with Gasteiger partial charge in [0.2, 0.25) is 0 Å². The largest absolute Gasteiger partial charge is 0.494 e. The lowest BCUT2D eigenvalue weighted by Crippen LogP contribution is -1.98. The fourth-order valence-corrected chi connectivity index (χ4v) is 4.97. The van der Waals surface area contributed by atoms with Crippen molar-refractivity contribution in [3.05, 3.63) is 60.0 Å². The summed E-state index contributed by atoms with van der Waals surface area (Å²) in [4.78, 5) is 0.136. The van der Waals surface area contributed by atoms with Crippen molar-refractivity contribution < 1.29 is 4.74 Å². The minimum atomic E-state index is 0.136. The van der Waals surface area contributed by atoms with Crippen LogP contribution in [0.3, 0.4) is 0 Å². The third kappa shape index (κ3) is 3.99. The maximum absolute atomic E-state index is 5.52. The molecule has 1 unspecified atom stereocenters. The molecule has 0 heterocycles. The Morgan fingerprint density at radius 1 is 1.10 bits per heavy atom. The second kappa shape index (κ2) is 7.61. The van der Waals surface area contributed by atoms with Crippen molar-refractivity contribution in [3.8, 4) is 5.75 Å². The summed E-state index contributed by atoms with van der Waals surface area (Å²) in [6.45, 7) is 2.66. The number of hydrogen-bond acceptors (Lipinski definition) is 1. The van der Waals surface area contributed by atoms with Crippen LogP contribution in [0.2, 0.25) is 0 Å². The molecule has 0 bridgehead atoms. The maximum atomic E-state index is 5.52. The second-order valence-electron chi connectivity index (χ2n) is 4.14. The number of rotatable bonds is 4. The highest BCUT2D eigenvalue weighted by molar-refractivity contribution is 14.1. The highest BCUT2D eigenvalue weighted by atomic mass is 127. The fourth-order valence-electron chi connectivity index (χ4n) is 1.85. The molecule has 2 aromatic rings. The van der Waals surface area contributed by atoms with E-state index in [9.17, 15) is 0 Å². The second-order valence-corrected chi connectivity index (χ2v) is 7.99. The SMILES string of the molecule is CCOc1ccc(C(Br)c2cc(Br)ccc2I)c(Br)c1. The summed E-state index contributed by atoms with van der Waals surface area (Å²) < 4.78 is 8.87. The van der Waals surface area contributed by atoms with E-state index in [-0.39, 0.29) is 4.83 Å². The molecule has 0 fully saturated rings. The van der Waals surface area contributed by atoms with Crippen LogP contribution in [0.5, 0.6) is 5.75 Å². The van der Waals surface area contributed by atoms with Gasteiger partial charge < -0.3 is 4.74 Å². The first-order valence-electron chi connectivity index (χ1n) is 6.04. The molecule has 5 heteroatoms. The van der Waals surface area contributed by atoms with E-state index in [0.717, 1.165) is 14.7 Å². The Morgan fingerprint density at radius 2 is 1.85 bits per heavy atom. The molecule has 1 atom stereocenters. The van der Waals surface area contributed by atoms with E-state index in [2.05, 4.69) is 94.6 Å². The molecule has 0 spiro atoms. The van der Waals surface area contributed by atoms with Gasteiger partial charge in [-0.05, 0) is 71.0 Å². The average molecular weight is 575 g/mol. The molecule has 0 aromatic heterocycles. The van der Waals surface area contributed by atoms with Crippen molar-refractivity contribution in [2.45, 2.75) is 11.8 Å². The number of ether oxygens (including phenoxy) is 1. The zero-order chi connectivity index (χ0) is 14.7. The van der Waals surface area contributed by atoms with Gasteiger partial charge in [-0.2, -0.15) is 0 Å². The Hall–Kier alpha value is 0.410. The van der Waals surface area contributed by atoms with Crippen LogP contribution >= 0.6 is 70.4 Å². The molecule has 0 saturated carbocycles. The molecule has 0 aliphatic rings. The van der Waals surface area contributed by atoms with Gasteiger partial charge in [-0.1, -0.05) is 53.9 Å². The van der Waals surface area contributed by atoms with E-state index >= 15 is 0 Å². The summed E-state index contributed by atoms with van der Waals surface area (Å²) in [7, 11) is 0. The van der Waals surface area contributed by atoms with Crippen LogP contribution < -0.4 is 4.74 Å². The summed E-state index contributed by atoms with van der Waals surface area (Å²) >= 11 is 13.3. The normalized spacial score (nSPS) is 12.2. The first-order valence-corrected chi connectivity index (χ1v) is 9.62. The number of halogens is 4. The molecule has 0 aliphatic heterocycles. The van der Waals surface area contributed by atoms with Crippen LogP contribution in [0.4, 0.5) is 0 Å². The molecule has 20 heavy (non-hydrogen) atoms. The topological polar surface area (TPSA) is 9.23 Å². The maximum Gasteiger partial charge on any atom is 0.120 e. The molecule has 0 saturated heterocycles. The third-order valence-electron chi connectivity index (χ3n) is 2.79. The van der Waals surface area contributed by atoms with E-state index in [0.29, 0.717) is 6.61 Å². The zero-order valence-corrected chi connectivity index (χ0v) is 17.6. The lowest BCUT2D eigenvalue weighted by Gasteiger charge is -2.16. The first kappa shape index (κ1) is 16.8. The van der Waals surface area contributed by atoms with Gasteiger partial charge in [0.1, 0.15) is 5.75 Å². The Balaban J connectivity index is 2.38. The van der Waals surface area contributed by atoms with Crippen molar-refractivity contribution >= 4 is 70.4 Å². The molecule has 2 rings (SSSR count). The summed E-state index contributed by atoms with van der Waals surface area (Å²) in [6.07, 6.45) is 0. The molecular formula is C15H12Br3IO. The van der Waals surface area contributed by atoms with Crippen molar-refractivity contribution in [1.29, 1.82) is 0 Å². The standard InChI is InChI=1S/C15H12Br3IO/c1-2-20-10-4-5-11(13(17)8-10)15(18)12-7-9(16)3-6-14(12)19/h3-8,15H,2H2,1H3. The summed E-state index contributed by atoms with van der Waals surface area (Å²) in [6, 6.07) is 12.4. The lowest BCUT2D eigenvalue weighted by atomic mass is 10.0. The Kier molecular flexibility index (Phi) is 6.38. The average Bonchev–Trinajstić information content (AvgIpc) is 2.41. The van der Waals surface area contributed by atoms with Crippen molar-refractivity contribution in [3.63, 3.8) is 0 Å². The highest BCUT2D eigenvalue weighted by Crippen LogP contribution is 2.39. The lowest BCUT2D eigenvalue weighted by molar-refractivity contribution is 0.340. The summed E-state index contributed by atoms with van der Waals surface area (Å²) in [5.41, 5.74) is 2.43. The Labute approximate surface area is 158 Å². The minimum Gasteiger partial charge on any atom is -0.494 e. The minimum absolute atomic E-state index is 0.136. The summed E-state index contributed by atoms with van der Waals surface area (Å²) in [5, 5.41) is 0. The monoisotopic (exact) mass is 572 g/mol. The van der Waals surface area contributed by atoms with Crippen LogP contribution in [-0.2, 0) is 0 Å². The number of hydrogen-bond donors (Lipinski definition) is 0. The van der Waals surface area contributed by atoms with Crippen LogP contribution in [0.15, 0.2) is 45.3 Å². The molecule has 0 amide bonds. The van der Waals surface area contributed by atoms with Crippen LogP contribution in [0, 0.1) is 3.57 Å². The fraction of sp³-hybridized carbons (Fsp3) is 0.200. The molecule has 1 nitrogen and oxygen atoms in total. The van der Waals surface area contributed by atoms with E-state index < -0.39 is 0 Å². The van der Waals surface area contributed by atoms with Crippen molar-refractivity contribution in [1.82, 2.24) is 0 Å². The predicted octanol–water partition coefficient (Wildman–Crippen LogP) is 6.70. The van der Waals surface area contributed by atoms with Gasteiger partial charge in [0, 0.05) is 12.5 Å². The van der Waals surface area contributed by atoms with E-state index in [1.807, 2.05) is 19.1 Å². The van der Waals surface area contributed by atoms with Crippen molar-refractivity contribution in [2.75, 3.05) is 6.61 Å². The van der Waals surface area contributed by atoms with E-state index in [1.165, 1.54) is 14.7 Å². The van der Waals surface area contributed by atoms with Crippen LogP contribution in [0.25, 0.3) is 0 Å². The predicted molar refractivity (Wildman–Crippen MR) is 103 cm³/mol. The third-order valence-corrected chi connectivity index (χ3v) is 5.94. The Bertz CT molecular complexity index is 616. The van der Waals surface area contributed by atoms with Gasteiger partial charge in [0.25, 0.3) is 0 Å². The van der Waals surface area contributed by atoms with Crippen LogP contribution in [0.1, 0.15) is 22.9 Å². The Morgan fingerprint density at radius 3 is 2.50 bits per heavy atom. The molecule has 0 aliphatic carbocycles. The van der Waals surface area contributed by atoms with Crippen molar-refractivity contribution in [2.24, 2.45) is 0 Å². The van der Waals surface area contributed by atoms with Gasteiger partial charge >= 0.3 is 0 Å².